The minimum absolute atomic E-state index is 0.0578. The van der Waals surface area contributed by atoms with Gasteiger partial charge < -0.3 is 24.8 Å². The zero-order valence-corrected chi connectivity index (χ0v) is 16.9. The Morgan fingerprint density at radius 1 is 1.07 bits per heavy atom. The standard InChI is InChI=1S/C22H32N2O3/c1-5-23-22(2,3)17-27-20-11-9-18(10-12-20)16-24(13-14-25)19-7-6-8-21(15-19)26-4/h6-12,15,23,25H,5,13-14,16-17H2,1-4H3. The van der Waals surface area contributed by atoms with Crippen LogP contribution in [0.5, 0.6) is 11.5 Å². The van der Waals surface area contributed by atoms with Gasteiger partial charge in [0.1, 0.15) is 18.1 Å². The van der Waals surface area contributed by atoms with Gasteiger partial charge in [0, 0.05) is 30.4 Å². The van der Waals surface area contributed by atoms with Crippen LogP contribution in [0.15, 0.2) is 48.5 Å². The van der Waals surface area contributed by atoms with E-state index in [2.05, 4.69) is 43.1 Å². The molecule has 2 N–H and O–H groups in total. The van der Waals surface area contributed by atoms with Gasteiger partial charge in [-0.05, 0) is 50.2 Å². The average molecular weight is 373 g/mol. The summed E-state index contributed by atoms with van der Waals surface area (Å²) in [7, 11) is 1.66. The average Bonchev–Trinajstić information content (AvgIpc) is 2.67. The molecule has 0 spiro atoms. The van der Waals surface area contributed by atoms with Gasteiger partial charge in [0.25, 0.3) is 0 Å². The number of rotatable bonds is 11. The second-order valence-electron chi connectivity index (χ2n) is 7.19. The summed E-state index contributed by atoms with van der Waals surface area (Å²) in [5.41, 5.74) is 2.12. The van der Waals surface area contributed by atoms with Crippen molar-refractivity contribution in [3.63, 3.8) is 0 Å². The molecule has 0 amide bonds. The maximum atomic E-state index is 9.44. The van der Waals surface area contributed by atoms with Gasteiger partial charge in [-0.2, -0.15) is 0 Å². The van der Waals surface area contributed by atoms with Gasteiger partial charge in [-0.25, -0.2) is 0 Å². The van der Waals surface area contributed by atoms with Crippen LogP contribution in [-0.4, -0.2) is 44.1 Å². The first-order valence-electron chi connectivity index (χ1n) is 9.44. The van der Waals surface area contributed by atoms with Crippen molar-refractivity contribution >= 4 is 5.69 Å². The Hall–Kier alpha value is -2.24. The van der Waals surface area contributed by atoms with Crippen molar-refractivity contribution in [3.8, 4) is 11.5 Å². The number of anilines is 1. The highest BCUT2D eigenvalue weighted by Crippen LogP contribution is 2.23. The van der Waals surface area contributed by atoms with E-state index in [1.54, 1.807) is 7.11 Å². The lowest BCUT2D eigenvalue weighted by Gasteiger charge is -2.26. The lowest BCUT2D eigenvalue weighted by Crippen LogP contribution is -2.44. The highest BCUT2D eigenvalue weighted by atomic mass is 16.5. The Labute approximate surface area is 162 Å². The van der Waals surface area contributed by atoms with E-state index >= 15 is 0 Å². The number of aliphatic hydroxyl groups is 1. The Bertz CT molecular complexity index is 686. The van der Waals surface area contributed by atoms with Crippen molar-refractivity contribution in [1.82, 2.24) is 5.32 Å². The molecule has 27 heavy (non-hydrogen) atoms. The van der Waals surface area contributed by atoms with Crippen LogP contribution in [0.4, 0.5) is 5.69 Å². The smallest absolute Gasteiger partial charge is 0.120 e. The fraction of sp³-hybridized carbons (Fsp3) is 0.455. The van der Waals surface area contributed by atoms with Crippen LogP contribution >= 0.6 is 0 Å². The van der Waals surface area contributed by atoms with E-state index in [1.807, 2.05) is 36.4 Å². The highest BCUT2D eigenvalue weighted by Gasteiger charge is 2.16. The van der Waals surface area contributed by atoms with Gasteiger partial charge in [0.2, 0.25) is 0 Å². The van der Waals surface area contributed by atoms with Crippen LogP contribution in [0.3, 0.4) is 0 Å². The fourth-order valence-corrected chi connectivity index (χ4v) is 2.93. The molecule has 0 atom stereocenters. The number of benzene rings is 2. The molecule has 5 nitrogen and oxygen atoms in total. The van der Waals surface area contributed by atoms with E-state index in [4.69, 9.17) is 9.47 Å². The lowest BCUT2D eigenvalue weighted by atomic mass is 10.1. The summed E-state index contributed by atoms with van der Waals surface area (Å²) in [5, 5.41) is 12.8. The van der Waals surface area contributed by atoms with Crippen molar-refractivity contribution in [2.24, 2.45) is 0 Å². The molecule has 0 aliphatic rings. The van der Waals surface area contributed by atoms with Crippen molar-refractivity contribution in [2.45, 2.75) is 32.9 Å². The SMILES string of the molecule is CCNC(C)(C)COc1ccc(CN(CCO)c2cccc(OC)c2)cc1. The van der Waals surface area contributed by atoms with Crippen LogP contribution in [0.1, 0.15) is 26.3 Å². The molecule has 2 aromatic carbocycles. The summed E-state index contributed by atoms with van der Waals surface area (Å²) >= 11 is 0. The number of hydrogen-bond acceptors (Lipinski definition) is 5. The molecular formula is C22H32N2O3. The number of ether oxygens (including phenoxy) is 2. The van der Waals surface area contributed by atoms with E-state index in [-0.39, 0.29) is 12.1 Å². The Morgan fingerprint density at radius 3 is 2.44 bits per heavy atom. The summed E-state index contributed by atoms with van der Waals surface area (Å²) < 4.78 is 11.2. The van der Waals surface area contributed by atoms with Gasteiger partial charge in [0.15, 0.2) is 0 Å². The molecule has 0 aliphatic heterocycles. The molecule has 0 saturated heterocycles. The van der Waals surface area contributed by atoms with Gasteiger partial charge in [-0.3, -0.25) is 0 Å². The van der Waals surface area contributed by atoms with Crippen molar-refractivity contribution < 1.29 is 14.6 Å². The number of likely N-dealkylation sites (N-methyl/N-ethyl adjacent to an activating group) is 1. The molecule has 148 valence electrons. The number of methoxy groups -OCH3 is 1. The summed E-state index contributed by atoms with van der Waals surface area (Å²) in [6, 6.07) is 16.0. The molecule has 0 fully saturated rings. The second-order valence-corrected chi connectivity index (χ2v) is 7.19. The molecule has 5 heteroatoms. The van der Waals surface area contributed by atoms with Crippen LogP contribution in [0.2, 0.25) is 0 Å². The maximum absolute atomic E-state index is 9.44. The third-order valence-corrected chi connectivity index (χ3v) is 4.34. The largest absolute Gasteiger partial charge is 0.497 e. The molecule has 0 bridgehead atoms. The molecule has 0 aliphatic carbocycles. The van der Waals surface area contributed by atoms with Crippen LogP contribution in [-0.2, 0) is 6.54 Å². The normalized spacial score (nSPS) is 11.3. The summed E-state index contributed by atoms with van der Waals surface area (Å²) in [6.07, 6.45) is 0. The number of nitrogens with one attached hydrogen (secondary N) is 1. The van der Waals surface area contributed by atoms with Gasteiger partial charge in [-0.1, -0.05) is 25.1 Å². The summed E-state index contributed by atoms with van der Waals surface area (Å²) in [5.74, 6) is 1.67. The van der Waals surface area contributed by atoms with Crippen molar-refractivity contribution in [1.29, 1.82) is 0 Å². The first kappa shape index (κ1) is 21.1. The van der Waals surface area contributed by atoms with Crippen molar-refractivity contribution in [2.75, 3.05) is 38.3 Å². The molecule has 0 unspecified atom stereocenters. The van der Waals surface area contributed by atoms with Gasteiger partial charge in [0.05, 0.1) is 13.7 Å². The number of nitrogens with zero attached hydrogens (tertiary/aromatic N) is 1. The fourth-order valence-electron chi connectivity index (χ4n) is 2.93. The Kier molecular flexibility index (Phi) is 7.95. The minimum Gasteiger partial charge on any atom is -0.497 e. The minimum atomic E-state index is -0.0578. The van der Waals surface area contributed by atoms with Gasteiger partial charge in [-0.15, -0.1) is 0 Å². The summed E-state index contributed by atoms with van der Waals surface area (Å²) in [6.45, 7) is 9.24. The third-order valence-electron chi connectivity index (χ3n) is 4.34. The van der Waals surface area contributed by atoms with E-state index in [1.165, 1.54) is 0 Å². The van der Waals surface area contributed by atoms with Gasteiger partial charge >= 0.3 is 0 Å². The molecule has 0 saturated carbocycles. The van der Waals surface area contributed by atoms with E-state index in [0.717, 1.165) is 29.3 Å². The van der Waals surface area contributed by atoms with Crippen LogP contribution in [0, 0.1) is 0 Å². The molecule has 0 radical (unpaired) electrons. The first-order chi connectivity index (χ1) is 13.0. The number of aliphatic hydroxyl groups excluding tert-OH is 1. The van der Waals surface area contributed by atoms with E-state index in [9.17, 15) is 5.11 Å². The first-order valence-corrected chi connectivity index (χ1v) is 9.44. The molecule has 2 aromatic rings. The predicted octanol–water partition coefficient (Wildman–Crippen LogP) is 3.46. The van der Waals surface area contributed by atoms with E-state index < -0.39 is 0 Å². The topological polar surface area (TPSA) is 54.0 Å². The van der Waals surface area contributed by atoms with E-state index in [0.29, 0.717) is 19.7 Å². The maximum Gasteiger partial charge on any atom is 0.120 e. The van der Waals surface area contributed by atoms with Crippen LogP contribution in [0.25, 0.3) is 0 Å². The number of hydrogen-bond donors (Lipinski definition) is 2. The zero-order chi connectivity index (χ0) is 19.7. The Balaban J connectivity index is 2.02. The third kappa shape index (κ3) is 6.77. The molecular weight excluding hydrogens is 340 g/mol. The highest BCUT2D eigenvalue weighted by molar-refractivity contribution is 5.51. The monoisotopic (exact) mass is 372 g/mol. The summed E-state index contributed by atoms with van der Waals surface area (Å²) in [4.78, 5) is 2.13. The lowest BCUT2D eigenvalue weighted by molar-refractivity contribution is 0.211. The quantitative estimate of drug-likeness (QED) is 0.633. The molecule has 0 heterocycles. The van der Waals surface area contributed by atoms with Crippen molar-refractivity contribution in [3.05, 3.63) is 54.1 Å². The Morgan fingerprint density at radius 2 is 1.81 bits per heavy atom. The zero-order valence-electron chi connectivity index (χ0n) is 16.9. The second kappa shape index (κ2) is 10.2. The molecule has 2 rings (SSSR count). The van der Waals surface area contributed by atoms with Crippen LogP contribution < -0.4 is 19.7 Å². The predicted molar refractivity (Wildman–Crippen MR) is 111 cm³/mol. The molecule has 0 aromatic heterocycles.